The number of hydrogen-bond acceptors (Lipinski definition) is 6. The number of nitrogens with one attached hydrogen (secondary N) is 2. The zero-order valence-electron chi connectivity index (χ0n) is 17.5. The Labute approximate surface area is 183 Å². The van der Waals surface area contributed by atoms with E-state index in [9.17, 15) is 13.2 Å². The third-order valence-corrected chi connectivity index (χ3v) is 6.54. The molecule has 30 heavy (non-hydrogen) atoms. The van der Waals surface area contributed by atoms with Crippen molar-refractivity contribution in [3.8, 4) is 5.75 Å². The third kappa shape index (κ3) is 7.97. The Morgan fingerprint density at radius 3 is 2.57 bits per heavy atom. The Hall–Kier alpha value is -2.10. The maximum atomic E-state index is 12.7. The first-order chi connectivity index (χ1) is 14.3. The second-order valence-corrected chi connectivity index (χ2v) is 9.83. The molecule has 7 nitrogen and oxygen atoms in total. The Morgan fingerprint density at radius 1 is 1.23 bits per heavy atom. The summed E-state index contributed by atoms with van der Waals surface area (Å²) in [6.07, 6.45) is 5.82. The average molecular weight is 452 g/mol. The number of aromatic nitrogens is 1. The van der Waals surface area contributed by atoms with Crippen LogP contribution in [0.4, 0.5) is 0 Å². The zero-order valence-corrected chi connectivity index (χ0v) is 19.1. The molecule has 0 spiro atoms. The highest BCUT2D eigenvalue weighted by molar-refractivity contribution is 7.98. The first-order valence-corrected chi connectivity index (χ1v) is 12.8. The van der Waals surface area contributed by atoms with E-state index in [1.165, 1.54) is 0 Å². The summed E-state index contributed by atoms with van der Waals surface area (Å²) in [5.74, 6) is 1.01. The van der Waals surface area contributed by atoms with Crippen LogP contribution in [0.15, 0.2) is 48.8 Å². The van der Waals surface area contributed by atoms with Crippen molar-refractivity contribution in [1.29, 1.82) is 0 Å². The van der Waals surface area contributed by atoms with Crippen LogP contribution >= 0.6 is 11.8 Å². The Bertz CT molecular complexity index is 890. The van der Waals surface area contributed by atoms with Gasteiger partial charge in [-0.1, -0.05) is 18.2 Å². The van der Waals surface area contributed by atoms with E-state index in [2.05, 4.69) is 15.0 Å². The van der Waals surface area contributed by atoms with Gasteiger partial charge in [0.1, 0.15) is 18.4 Å². The number of amides is 1. The number of rotatable bonds is 12. The maximum absolute atomic E-state index is 12.7. The molecule has 164 valence electrons. The molecule has 2 rings (SSSR count). The molecule has 1 aromatic heterocycles. The molecule has 0 aliphatic rings. The van der Waals surface area contributed by atoms with Crippen molar-refractivity contribution in [2.24, 2.45) is 0 Å². The molecule has 2 N–H and O–H groups in total. The number of carbonyl (C=O) groups is 1. The monoisotopic (exact) mass is 451 g/mol. The Morgan fingerprint density at radius 2 is 1.97 bits per heavy atom. The van der Waals surface area contributed by atoms with Crippen LogP contribution in [-0.2, 0) is 21.4 Å². The lowest BCUT2D eigenvalue weighted by Crippen LogP contribution is -2.48. The summed E-state index contributed by atoms with van der Waals surface area (Å²) in [6, 6.07) is 10.2. The SMILES string of the molecule is CCS(=O)(=O)NC(CCSC)C(=O)NC(C)c1ccc(OCc2cccnc2)cc1. The van der Waals surface area contributed by atoms with E-state index in [0.717, 1.165) is 16.9 Å². The van der Waals surface area contributed by atoms with E-state index < -0.39 is 16.1 Å². The number of carbonyl (C=O) groups excluding carboxylic acids is 1. The lowest BCUT2D eigenvalue weighted by Gasteiger charge is -2.21. The summed E-state index contributed by atoms with van der Waals surface area (Å²) in [4.78, 5) is 16.7. The third-order valence-electron chi connectivity index (χ3n) is 4.50. The molecule has 2 atom stereocenters. The minimum absolute atomic E-state index is 0.0634. The molecule has 0 saturated carbocycles. The fourth-order valence-electron chi connectivity index (χ4n) is 2.68. The van der Waals surface area contributed by atoms with Gasteiger partial charge in [0.15, 0.2) is 0 Å². The van der Waals surface area contributed by atoms with Gasteiger partial charge in [-0.05, 0) is 56.0 Å². The highest BCUT2D eigenvalue weighted by Gasteiger charge is 2.24. The number of nitrogens with zero attached hydrogens (tertiary/aromatic N) is 1. The van der Waals surface area contributed by atoms with Gasteiger partial charge in [-0.3, -0.25) is 9.78 Å². The summed E-state index contributed by atoms with van der Waals surface area (Å²) in [5.41, 5.74) is 1.88. The molecule has 0 radical (unpaired) electrons. The predicted molar refractivity (Wildman–Crippen MR) is 121 cm³/mol. The minimum atomic E-state index is -3.47. The van der Waals surface area contributed by atoms with Crippen LogP contribution in [0.5, 0.6) is 5.75 Å². The van der Waals surface area contributed by atoms with Crippen LogP contribution in [0.3, 0.4) is 0 Å². The lowest BCUT2D eigenvalue weighted by molar-refractivity contribution is -0.123. The van der Waals surface area contributed by atoms with Crippen molar-refractivity contribution < 1.29 is 17.9 Å². The van der Waals surface area contributed by atoms with Crippen LogP contribution in [0.1, 0.15) is 37.4 Å². The predicted octanol–water partition coefficient (Wildman–Crippen LogP) is 2.90. The topological polar surface area (TPSA) is 97.4 Å². The summed E-state index contributed by atoms with van der Waals surface area (Å²) >= 11 is 1.57. The van der Waals surface area contributed by atoms with Gasteiger partial charge in [-0.15, -0.1) is 0 Å². The van der Waals surface area contributed by atoms with Gasteiger partial charge >= 0.3 is 0 Å². The highest BCUT2D eigenvalue weighted by atomic mass is 32.2. The molecule has 0 aliphatic carbocycles. The van der Waals surface area contributed by atoms with Gasteiger partial charge < -0.3 is 10.1 Å². The largest absolute Gasteiger partial charge is 0.489 e. The summed E-state index contributed by atoms with van der Waals surface area (Å²) in [5, 5.41) is 2.90. The fraction of sp³-hybridized carbons (Fsp3) is 0.429. The van der Waals surface area contributed by atoms with Crippen molar-refractivity contribution in [3.05, 3.63) is 59.9 Å². The standard InChI is InChI=1S/C21H29N3O4S2/c1-4-30(26,27)24-20(11-13-29-3)21(25)23-16(2)18-7-9-19(10-8-18)28-15-17-6-5-12-22-14-17/h5-10,12,14,16,20,24H,4,11,13,15H2,1-3H3,(H,23,25). The number of hydrogen-bond donors (Lipinski definition) is 2. The normalized spacial score (nSPS) is 13.4. The van der Waals surface area contributed by atoms with Gasteiger partial charge in [0, 0.05) is 18.0 Å². The smallest absolute Gasteiger partial charge is 0.238 e. The molecule has 0 saturated heterocycles. The lowest BCUT2D eigenvalue weighted by atomic mass is 10.1. The number of thioether (sulfide) groups is 1. The van der Waals surface area contributed by atoms with E-state index in [1.54, 1.807) is 31.1 Å². The summed E-state index contributed by atoms with van der Waals surface area (Å²) < 4.78 is 32.1. The van der Waals surface area contributed by atoms with Crippen LogP contribution in [0, 0.1) is 0 Å². The van der Waals surface area contributed by atoms with Crippen LogP contribution in [-0.4, -0.2) is 43.1 Å². The number of pyridine rings is 1. The quantitative estimate of drug-likeness (QED) is 0.515. The van der Waals surface area contributed by atoms with E-state index in [-0.39, 0.29) is 17.7 Å². The molecule has 9 heteroatoms. The van der Waals surface area contributed by atoms with Gasteiger partial charge in [0.05, 0.1) is 11.8 Å². The zero-order chi connectivity index (χ0) is 22.0. The molecule has 1 aromatic carbocycles. The molecule has 1 amide bonds. The molecular formula is C21H29N3O4S2. The van der Waals surface area contributed by atoms with Gasteiger partial charge in [-0.2, -0.15) is 11.8 Å². The van der Waals surface area contributed by atoms with Crippen molar-refractivity contribution >= 4 is 27.7 Å². The summed E-state index contributed by atoms with van der Waals surface area (Å²) in [7, 11) is -3.47. The van der Waals surface area contributed by atoms with Crippen molar-refractivity contribution in [2.45, 2.75) is 39.0 Å². The van der Waals surface area contributed by atoms with Crippen molar-refractivity contribution in [1.82, 2.24) is 15.0 Å². The van der Waals surface area contributed by atoms with E-state index in [4.69, 9.17) is 4.74 Å². The maximum Gasteiger partial charge on any atom is 0.238 e. The molecule has 0 fully saturated rings. The fourth-order valence-corrected chi connectivity index (χ4v) is 3.98. The second kappa shape index (κ2) is 11.9. The van der Waals surface area contributed by atoms with Crippen LogP contribution in [0.2, 0.25) is 0 Å². The number of ether oxygens (including phenoxy) is 1. The molecule has 1 heterocycles. The van der Waals surface area contributed by atoms with Crippen LogP contribution < -0.4 is 14.8 Å². The molecule has 2 unspecified atom stereocenters. The molecule has 2 aromatic rings. The van der Waals surface area contributed by atoms with E-state index >= 15 is 0 Å². The van der Waals surface area contributed by atoms with Gasteiger partial charge in [0.2, 0.25) is 15.9 Å². The second-order valence-electron chi connectivity index (χ2n) is 6.80. The van der Waals surface area contributed by atoms with E-state index in [1.807, 2.05) is 49.6 Å². The number of benzene rings is 1. The number of sulfonamides is 1. The molecule has 0 aliphatic heterocycles. The van der Waals surface area contributed by atoms with Gasteiger partial charge in [0.25, 0.3) is 0 Å². The molecule has 0 bridgehead atoms. The first kappa shape index (κ1) is 24.2. The minimum Gasteiger partial charge on any atom is -0.489 e. The van der Waals surface area contributed by atoms with E-state index in [0.29, 0.717) is 18.8 Å². The Kier molecular flexibility index (Phi) is 9.61. The Balaban J connectivity index is 1.95. The van der Waals surface area contributed by atoms with Crippen molar-refractivity contribution in [2.75, 3.05) is 17.8 Å². The van der Waals surface area contributed by atoms with Crippen molar-refractivity contribution in [3.63, 3.8) is 0 Å². The average Bonchev–Trinajstić information content (AvgIpc) is 2.76. The molecular weight excluding hydrogens is 422 g/mol. The highest BCUT2D eigenvalue weighted by Crippen LogP contribution is 2.19. The van der Waals surface area contributed by atoms with Gasteiger partial charge in [-0.25, -0.2) is 13.1 Å². The first-order valence-electron chi connectivity index (χ1n) is 9.75. The summed E-state index contributed by atoms with van der Waals surface area (Å²) in [6.45, 7) is 3.84. The van der Waals surface area contributed by atoms with Crippen LogP contribution in [0.25, 0.3) is 0 Å².